The van der Waals surface area contributed by atoms with E-state index in [1.165, 1.54) is 29.0 Å². The third-order valence-electron chi connectivity index (χ3n) is 3.45. The molecule has 122 valence electrons. The Morgan fingerprint density at radius 1 is 0.917 bits per heavy atom. The van der Waals surface area contributed by atoms with E-state index in [0.717, 1.165) is 12.1 Å². The summed E-state index contributed by atoms with van der Waals surface area (Å²) in [6.45, 7) is 0.184. The minimum absolute atomic E-state index is 0.184. The zero-order valence-corrected chi connectivity index (χ0v) is 12.4. The van der Waals surface area contributed by atoms with Crippen LogP contribution < -0.4 is 5.56 Å². The van der Waals surface area contributed by atoms with E-state index in [0.29, 0.717) is 17.1 Å². The number of hydrogen-bond donors (Lipinski definition) is 0. The third-order valence-corrected chi connectivity index (χ3v) is 3.45. The minimum atomic E-state index is -4.41. The predicted octanol–water partition coefficient (Wildman–Crippen LogP) is 3.37. The van der Waals surface area contributed by atoms with E-state index in [2.05, 4.69) is 9.97 Å². The van der Waals surface area contributed by atoms with Gasteiger partial charge >= 0.3 is 6.18 Å². The molecule has 4 nitrogen and oxygen atoms in total. The SMILES string of the molecule is O=c1ccnc(-c2ccc(C(F)(F)F)cc2)n1Cc1ccccn1. The quantitative estimate of drug-likeness (QED) is 0.739. The second-order valence-corrected chi connectivity index (χ2v) is 5.09. The Kier molecular flexibility index (Phi) is 4.16. The number of alkyl halides is 3. The Hall–Kier alpha value is -2.96. The van der Waals surface area contributed by atoms with Gasteiger partial charge in [-0.25, -0.2) is 4.98 Å². The summed E-state index contributed by atoms with van der Waals surface area (Å²) in [6.07, 6.45) is -1.46. The first-order chi connectivity index (χ1) is 11.4. The lowest BCUT2D eigenvalue weighted by atomic mass is 10.1. The molecule has 3 rings (SSSR count). The fourth-order valence-electron chi connectivity index (χ4n) is 2.28. The van der Waals surface area contributed by atoms with Crippen LogP contribution in [0.5, 0.6) is 0 Å². The van der Waals surface area contributed by atoms with Crippen molar-refractivity contribution in [3.05, 3.63) is 82.5 Å². The smallest absolute Gasteiger partial charge is 0.287 e. The van der Waals surface area contributed by atoms with Crippen LogP contribution in [0.1, 0.15) is 11.3 Å². The van der Waals surface area contributed by atoms with E-state index in [1.807, 2.05) is 0 Å². The number of halogens is 3. The highest BCUT2D eigenvalue weighted by molar-refractivity contribution is 5.56. The molecule has 0 bridgehead atoms. The van der Waals surface area contributed by atoms with Crippen molar-refractivity contribution in [2.24, 2.45) is 0 Å². The van der Waals surface area contributed by atoms with Crippen molar-refractivity contribution in [1.82, 2.24) is 14.5 Å². The maximum atomic E-state index is 12.7. The predicted molar refractivity (Wildman–Crippen MR) is 82.3 cm³/mol. The first kappa shape index (κ1) is 15.9. The number of nitrogens with zero attached hydrogens (tertiary/aromatic N) is 3. The van der Waals surface area contributed by atoms with E-state index in [9.17, 15) is 18.0 Å². The minimum Gasteiger partial charge on any atom is -0.287 e. The summed E-state index contributed by atoms with van der Waals surface area (Å²) in [5.41, 5.74) is 0.0312. The Labute approximate surface area is 135 Å². The largest absolute Gasteiger partial charge is 0.416 e. The second-order valence-electron chi connectivity index (χ2n) is 5.09. The molecule has 0 atom stereocenters. The van der Waals surface area contributed by atoms with Gasteiger partial charge < -0.3 is 0 Å². The fraction of sp³-hybridized carbons (Fsp3) is 0.118. The van der Waals surface area contributed by atoms with Crippen molar-refractivity contribution in [1.29, 1.82) is 0 Å². The van der Waals surface area contributed by atoms with E-state index in [-0.39, 0.29) is 12.1 Å². The number of aromatic nitrogens is 3. The third kappa shape index (κ3) is 3.34. The molecule has 2 heterocycles. The Balaban J connectivity index is 2.02. The molecule has 0 spiro atoms. The molecule has 3 aromatic rings. The summed E-state index contributed by atoms with van der Waals surface area (Å²) < 4.78 is 39.4. The van der Waals surface area contributed by atoms with Crippen molar-refractivity contribution in [3.8, 4) is 11.4 Å². The number of benzene rings is 1. The second kappa shape index (κ2) is 6.27. The Morgan fingerprint density at radius 2 is 1.67 bits per heavy atom. The highest BCUT2D eigenvalue weighted by atomic mass is 19.4. The molecule has 0 aliphatic heterocycles. The fourth-order valence-corrected chi connectivity index (χ4v) is 2.28. The molecule has 0 unspecified atom stereocenters. The lowest BCUT2D eigenvalue weighted by Crippen LogP contribution is -2.23. The molecule has 0 N–H and O–H groups in total. The summed E-state index contributed by atoms with van der Waals surface area (Å²) >= 11 is 0. The molecular weight excluding hydrogens is 319 g/mol. The summed E-state index contributed by atoms with van der Waals surface area (Å²) in [6, 6.07) is 11.2. The lowest BCUT2D eigenvalue weighted by molar-refractivity contribution is -0.137. The number of hydrogen-bond acceptors (Lipinski definition) is 3. The number of pyridine rings is 1. The highest BCUT2D eigenvalue weighted by Gasteiger charge is 2.30. The topological polar surface area (TPSA) is 47.8 Å². The van der Waals surface area contributed by atoms with Gasteiger partial charge in [-0.05, 0) is 24.3 Å². The molecule has 0 aliphatic rings. The van der Waals surface area contributed by atoms with Gasteiger partial charge in [0.15, 0.2) is 0 Å². The molecule has 0 fully saturated rings. The van der Waals surface area contributed by atoms with Crippen LogP contribution in [0, 0.1) is 0 Å². The normalized spacial score (nSPS) is 11.5. The van der Waals surface area contributed by atoms with Gasteiger partial charge in [0.2, 0.25) is 0 Å². The van der Waals surface area contributed by atoms with Crippen LogP contribution >= 0.6 is 0 Å². The summed E-state index contributed by atoms with van der Waals surface area (Å²) in [4.78, 5) is 20.5. The summed E-state index contributed by atoms with van der Waals surface area (Å²) in [5.74, 6) is 0.293. The van der Waals surface area contributed by atoms with Gasteiger partial charge in [-0.15, -0.1) is 0 Å². The average molecular weight is 331 g/mol. The molecule has 0 amide bonds. The van der Waals surface area contributed by atoms with Crippen molar-refractivity contribution in [3.63, 3.8) is 0 Å². The molecule has 2 aromatic heterocycles. The molecular formula is C17H12F3N3O. The molecule has 0 aliphatic carbocycles. The summed E-state index contributed by atoms with van der Waals surface area (Å²) in [7, 11) is 0. The number of rotatable bonds is 3. The zero-order chi connectivity index (χ0) is 17.2. The van der Waals surface area contributed by atoms with Gasteiger partial charge in [-0.1, -0.05) is 18.2 Å². The van der Waals surface area contributed by atoms with Gasteiger partial charge in [0.1, 0.15) is 5.82 Å². The van der Waals surface area contributed by atoms with Gasteiger partial charge in [-0.3, -0.25) is 14.3 Å². The Bertz CT molecular complexity index is 887. The van der Waals surface area contributed by atoms with Crippen LogP contribution in [0.3, 0.4) is 0 Å². The Morgan fingerprint density at radius 3 is 2.29 bits per heavy atom. The van der Waals surface area contributed by atoms with E-state index < -0.39 is 11.7 Å². The van der Waals surface area contributed by atoms with Crippen molar-refractivity contribution in [2.45, 2.75) is 12.7 Å². The van der Waals surface area contributed by atoms with Crippen molar-refractivity contribution in [2.75, 3.05) is 0 Å². The summed E-state index contributed by atoms with van der Waals surface area (Å²) in [5, 5.41) is 0. The average Bonchev–Trinajstić information content (AvgIpc) is 2.57. The van der Waals surface area contributed by atoms with E-state index >= 15 is 0 Å². The van der Waals surface area contributed by atoms with E-state index in [1.54, 1.807) is 24.4 Å². The first-order valence-electron chi connectivity index (χ1n) is 7.08. The molecule has 7 heteroatoms. The first-order valence-corrected chi connectivity index (χ1v) is 7.08. The maximum Gasteiger partial charge on any atom is 0.416 e. The molecule has 0 radical (unpaired) electrons. The maximum absolute atomic E-state index is 12.7. The zero-order valence-electron chi connectivity index (χ0n) is 12.4. The van der Waals surface area contributed by atoms with Crippen LogP contribution in [0.15, 0.2) is 65.7 Å². The van der Waals surface area contributed by atoms with Crippen molar-refractivity contribution >= 4 is 0 Å². The van der Waals surface area contributed by atoms with Crippen LogP contribution in [-0.4, -0.2) is 14.5 Å². The van der Waals surface area contributed by atoms with Gasteiger partial charge in [0, 0.05) is 24.0 Å². The van der Waals surface area contributed by atoms with Crippen LogP contribution in [0.25, 0.3) is 11.4 Å². The lowest BCUT2D eigenvalue weighted by Gasteiger charge is -2.12. The molecule has 0 saturated carbocycles. The van der Waals surface area contributed by atoms with Gasteiger partial charge in [0.25, 0.3) is 5.56 Å². The van der Waals surface area contributed by atoms with Gasteiger partial charge in [0.05, 0.1) is 17.8 Å². The molecule has 1 aromatic carbocycles. The highest BCUT2D eigenvalue weighted by Crippen LogP contribution is 2.30. The van der Waals surface area contributed by atoms with Crippen LogP contribution in [-0.2, 0) is 12.7 Å². The monoisotopic (exact) mass is 331 g/mol. The van der Waals surface area contributed by atoms with Crippen molar-refractivity contribution < 1.29 is 13.2 Å². The van der Waals surface area contributed by atoms with E-state index in [4.69, 9.17) is 0 Å². The van der Waals surface area contributed by atoms with Crippen LogP contribution in [0.2, 0.25) is 0 Å². The molecule has 0 saturated heterocycles. The molecule has 24 heavy (non-hydrogen) atoms. The standard InChI is InChI=1S/C17H12F3N3O/c18-17(19,20)13-6-4-12(5-7-13)16-22-10-8-15(24)23(16)11-14-3-1-2-9-21-14/h1-10H,11H2. The van der Waals surface area contributed by atoms with Crippen LogP contribution in [0.4, 0.5) is 13.2 Å². The van der Waals surface area contributed by atoms with Gasteiger partial charge in [-0.2, -0.15) is 13.2 Å².